The van der Waals surface area contributed by atoms with Crippen molar-refractivity contribution in [3.8, 4) is 11.4 Å². The number of halogens is 4. The Bertz CT molecular complexity index is 1180. The number of carbonyl (C=O) groups is 1. The van der Waals surface area contributed by atoms with Crippen molar-refractivity contribution in [3.63, 3.8) is 0 Å². The van der Waals surface area contributed by atoms with Gasteiger partial charge >= 0.3 is 6.18 Å². The van der Waals surface area contributed by atoms with E-state index in [4.69, 9.17) is 0 Å². The highest BCUT2D eigenvalue weighted by atomic mass is 19.4. The molecule has 2 aromatic heterocycles. The van der Waals surface area contributed by atoms with Crippen molar-refractivity contribution < 1.29 is 22.4 Å². The quantitative estimate of drug-likeness (QED) is 0.491. The maximum atomic E-state index is 15.3. The number of nitrogens with zero attached hydrogens (tertiary/aromatic N) is 4. The van der Waals surface area contributed by atoms with Crippen molar-refractivity contribution >= 4 is 11.7 Å². The molecule has 4 rings (SSSR count). The van der Waals surface area contributed by atoms with Gasteiger partial charge in [-0.2, -0.15) is 13.2 Å². The van der Waals surface area contributed by atoms with Crippen LogP contribution in [0.4, 0.5) is 23.4 Å². The van der Waals surface area contributed by atoms with Crippen LogP contribution in [0.2, 0.25) is 0 Å². The molecule has 0 radical (unpaired) electrons. The maximum absolute atomic E-state index is 15.3. The number of aryl methyl sites for hydroxylation is 1. The van der Waals surface area contributed by atoms with Crippen LogP contribution in [0.5, 0.6) is 0 Å². The average Bonchev–Trinajstić information content (AvgIpc) is 2.84. The van der Waals surface area contributed by atoms with E-state index in [1.165, 1.54) is 18.5 Å². The number of amides is 1. The van der Waals surface area contributed by atoms with Crippen molar-refractivity contribution in [1.82, 2.24) is 19.9 Å². The summed E-state index contributed by atoms with van der Waals surface area (Å²) in [5.41, 5.74) is -0.269. The van der Waals surface area contributed by atoms with E-state index in [1.807, 2.05) is 6.92 Å². The number of rotatable bonds is 5. The molecule has 1 N–H and O–H groups in total. The minimum absolute atomic E-state index is 0.0806. The van der Waals surface area contributed by atoms with E-state index in [2.05, 4.69) is 20.3 Å². The highest BCUT2D eigenvalue weighted by molar-refractivity contribution is 6.01. The van der Waals surface area contributed by atoms with Gasteiger partial charge in [-0.05, 0) is 55.5 Å². The molecule has 1 aromatic carbocycles. The molecule has 184 valence electrons. The number of alkyl halides is 3. The lowest BCUT2D eigenvalue weighted by Gasteiger charge is -2.40. The van der Waals surface area contributed by atoms with E-state index < -0.39 is 23.5 Å². The molecule has 10 heteroatoms. The van der Waals surface area contributed by atoms with Crippen molar-refractivity contribution in [3.05, 3.63) is 71.4 Å². The predicted molar refractivity (Wildman–Crippen MR) is 123 cm³/mol. The molecular weight excluding hydrogens is 462 g/mol. The van der Waals surface area contributed by atoms with E-state index in [0.717, 1.165) is 25.1 Å². The number of likely N-dealkylation sites (tertiary alicyclic amines) is 1. The molecule has 0 spiro atoms. The van der Waals surface area contributed by atoms with Crippen LogP contribution in [0.25, 0.3) is 11.4 Å². The molecule has 3 aromatic rings. The van der Waals surface area contributed by atoms with Gasteiger partial charge in [-0.25, -0.2) is 19.3 Å². The Hall–Kier alpha value is -3.56. The fraction of sp³-hybridized carbons (Fsp3) is 0.360. The zero-order valence-electron chi connectivity index (χ0n) is 19.3. The van der Waals surface area contributed by atoms with Crippen LogP contribution in [0, 0.1) is 18.7 Å². The van der Waals surface area contributed by atoms with Gasteiger partial charge in [0, 0.05) is 37.2 Å². The van der Waals surface area contributed by atoms with E-state index in [-0.39, 0.29) is 35.7 Å². The van der Waals surface area contributed by atoms with Gasteiger partial charge in [-0.1, -0.05) is 13.0 Å². The summed E-state index contributed by atoms with van der Waals surface area (Å²) < 4.78 is 53.8. The summed E-state index contributed by atoms with van der Waals surface area (Å²) in [5, 5.41) is 3.04. The standard InChI is InChI=1S/C25H25F4N5O/c1-15-5-3-12-34(19(15)14-33-20-9-7-17(13-32-20)25(27,28)29)24(35)21-18(8-6-16(2)22(21)26)23-30-10-4-11-31-23/h4,6-11,13,15,19H,3,5,12,14H2,1-2H3,(H,32,33)/t15-,19?/m1/s1. The van der Waals surface area contributed by atoms with Crippen molar-refractivity contribution in [2.45, 2.75) is 38.9 Å². The summed E-state index contributed by atoms with van der Waals surface area (Å²) >= 11 is 0. The molecule has 1 aliphatic heterocycles. The number of pyridine rings is 1. The summed E-state index contributed by atoms with van der Waals surface area (Å²) in [4.78, 5) is 27.6. The molecule has 2 atom stereocenters. The third-order valence-corrected chi connectivity index (χ3v) is 6.32. The molecule has 3 heterocycles. The number of anilines is 1. The van der Waals surface area contributed by atoms with Crippen LogP contribution in [-0.2, 0) is 6.18 Å². The average molecular weight is 488 g/mol. The minimum atomic E-state index is -4.47. The lowest BCUT2D eigenvalue weighted by Crippen LogP contribution is -2.51. The van der Waals surface area contributed by atoms with Crippen LogP contribution in [0.3, 0.4) is 0 Å². The van der Waals surface area contributed by atoms with Crippen LogP contribution in [0.15, 0.2) is 48.9 Å². The third-order valence-electron chi connectivity index (χ3n) is 6.32. The largest absolute Gasteiger partial charge is 0.417 e. The van der Waals surface area contributed by atoms with Crippen molar-refractivity contribution in [2.75, 3.05) is 18.4 Å². The molecule has 1 unspecified atom stereocenters. The van der Waals surface area contributed by atoms with E-state index >= 15 is 4.39 Å². The molecule has 0 saturated carbocycles. The summed E-state index contributed by atoms with van der Waals surface area (Å²) in [6, 6.07) is 6.77. The highest BCUT2D eigenvalue weighted by Crippen LogP contribution is 2.32. The Balaban J connectivity index is 1.61. The Morgan fingerprint density at radius 2 is 1.89 bits per heavy atom. The summed E-state index contributed by atoms with van der Waals surface area (Å²) in [7, 11) is 0. The number of nitrogens with one attached hydrogen (secondary N) is 1. The second-order valence-electron chi connectivity index (χ2n) is 8.69. The Morgan fingerprint density at radius 1 is 1.14 bits per heavy atom. The Morgan fingerprint density at radius 3 is 2.54 bits per heavy atom. The first-order valence-corrected chi connectivity index (χ1v) is 11.3. The van der Waals surface area contributed by atoms with Crippen LogP contribution in [0.1, 0.15) is 41.3 Å². The molecule has 1 fully saturated rings. The van der Waals surface area contributed by atoms with E-state index in [0.29, 0.717) is 17.7 Å². The maximum Gasteiger partial charge on any atom is 0.417 e. The Labute approximate surface area is 200 Å². The Kier molecular flexibility index (Phi) is 7.00. The van der Waals surface area contributed by atoms with Crippen molar-refractivity contribution in [1.29, 1.82) is 0 Å². The molecule has 0 bridgehead atoms. The number of hydrogen-bond acceptors (Lipinski definition) is 5. The number of piperidine rings is 1. The summed E-state index contributed by atoms with van der Waals surface area (Å²) in [6.07, 6.45) is 0.977. The lowest BCUT2D eigenvalue weighted by atomic mass is 9.89. The molecule has 1 amide bonds. The van der Waals surface area contributed by atoms with Gasteiger partial charge in [-0.3, -0.25) is 4.79 Å². The van der Waals surface area contributed by atoms with Gasteiger partial charge in [0.15, 0.2) is 5.82 Å². The molecule has 1 aliphatic rings. The zero-order valence-corrected chi connectivity index (χ0v) is 19.3. The van der Waals surface area contributed by atoms with Crippen LogP contribution < -0.4 is 5.32 Å². The fourth-order valence-electron chi connectivity index (χ4n) is 4.35. The fourth-order valence-corrected chi connectivity index (χ4v) is 4.35. The third kappa shape index (κ3) is 5.26. The zero-order chi connectivity index (χ0) is 25.2. The second kappa shape index (κ2) is 9.97. The summed E-state index contributed by atoms with van der Waals surface area (Å²) in [5.74, 6) is -0.479. The highest BCUT2D eigenvalue weighted by Gasteiger charge is 2.35. The lowest BCUT2D eigenvalue weighted by molar-refractivity contribution is -0.137. The van der Waals surface area contributed by atoms with E-state index in [1.54, 1.807) is 30.0 Å². The number of benzene rings is 1. The van der Waals surface area contributed by atoms with Crippen LogP contribution >= 0.6 is 0 Å². The smallest absolute Gasteiger partial charge is 0.368 e. The first-order valence-electron chi connectivity index (χ1n) is 11.3. The minimum Gasteiger partial charge on any atom is -0.368 e. The van der Waals surface area contributed by atoms with Gasteiger partial charge in [0.25, 0.3) is 5.91 Å². The van der Waals surface area contributed by atoms with Gasteiger partial charge in [0.1, 0.15) is 11.6 Å². The molecule has 1 saturated heterocycles. The first-order chi connectivity index (χ1) is 16.7. The summed E-state index contributed by atoms with van der Waals surface area (Å²) in [6.45, 7) is 4.28. The topological polar surface area (TPSA) is 71.0 Å². The number of aromatic nitrogens is 3. The molecule has 6 nitrogen and oxygen atoms in total. The molecule has 0 aliphatic carbocycles. The monoisotopic (exact) mass is 487 g/mol. The SMILES string of the molecule is Cc1ccc(-c2ncccn2)c(C(=O)N2CCC[C@@H](C)C2CNc2ccc(C(F)(F)F)cn2)c1F. The second-order valence-corrected chi connectivity index (χ2v) is 8.69. The number of hydrogen-bond donors (Lipinski definition) is 1. The van der Waals surface area contributed by atoms with Crippen LogP contribution in [-0.4, -0.2) is 44.9 Å². The van der Waals surface area contributed by atoms with Gasteiger partial charge < -0.3 is 10.2 Å². The van der Waals surface area contributed by atoms with Gasteiger partial charge in [0.2, 0.25) is 0 Å². The first kappa shape index (κ1) is 24.6. The van der Waals surface area contributed by atoms with E-state index in [9.17, 15) is 18.0 Å². The number of carbonyl (C=O) groups excluding carboxylic acids is 1. The normalized spacial score (nSPS) is 18.4. The molecular formula is C25H25F4N5O. The van der Waals surface area contributed by atoms with Crippen molar-refractivity contribution in [2.24, 2.45) is 5.92 Å². The molecule has 35 heavy (non-hydrogen) atoms. The van der Waals surface area contributed by atoms with Gasteiger partial charge in [0.05, 0.1) is 17.2 Å². The predicted octanol–water partition coefficient (Wildman–Crippen LogP) is 5.36. The van der Waals surface area contributed by atoms with Gasteiger partial charge in [-0.15, -0.1) is 0 Å².